The smallest absolute Gasteiger partial charge is 0.00441 e. The topological polar surface area (TPSA) is 12.0 Å². The molecule has 4 unspecified atom stereocenters. The molecule has 0 spiro atoms. The van der Waals surface area contributed by atoms with Crippen LogP contribution in [-0.4, -0.2) is 12.1 Å². The molecule has 1 nitrogen and oxygen atoms in total. The van der Waals surface area contributed by atoms with Crippen LogP contribution in [-0.2, 0) is 0 Å². The maximum atomic E-state index is 3.67. The first-order valence-corrected chi connectivity index (χ1v) is 6.06. The summed E-state index contributed by atoms with van der Waals surface area (Å²) in [4.78, 5) is 0. The zero-order valence-corrected chi connectivity index (χ0v) is 10.7. The van der Waals surface area contributed by atoms with Crippen molar-refractivity contribution in [2.45, 2.75) is 66.5 Å². The molecule has 0 aliphatic carbocycles. The van der Waals surface area contributed by atoms with E-state index in [9.17, 15) is 0 Å². The number of rotatable bonds is 0. The first kappa shape index (κ1) is 12.0. The van der Waals surface area contributed by atoms with E-state index in [0.717, 1.165) is 11.8 Å². The van der Waals surface area contributed by atoms with Crippen molar-refractivity contribution in [2.75, 3.05) is 0 Å². The van der Waals surface area contributed by atoms with Gasteiger partial charge in [0.2, 0.25) is 0 Å². The van der Waals surface area contributed by atoms with Crippen LogP contribution in [0.25, 0.3) is 0 Å². The molecular formula is C13H27N. The second kappa shape index (κ2) is 4.22. The molecule has 1 aliphatic heterocycles. The minimum Gasteiger partial charge on any atom is -0.312 e. The third kappa shape index (κ3) is 2.98. The molecule has 0 aromatic heterocycles. The SMILES string of the molecule is CC1CC(C)C(C(C)(C)C)CC(C)N1. The van der Waals surface area contributed by atoms with Crippen LogP contribution in [0.5, 0.6) is 0 Å². The lowest BCUT2D eigenvalue weighted by Gasteiger charge is -2.35. The average molecular weight is 197 g/mol. The van der Waals surface area contributed by atoms with E-state index >= 15 is 0 Å². The molecule has 0 bridgehead atoms. The van der Waals surface area contributed by atoms with Gasteiger partial charge in [-0.1, -0.05) is 27.7 Å². The monoisotopic (exact) mass is 197 g/mol. The Balaban J connectivity index is 2.74. The van der Waals surface area contributed by atoms with Crippen LogP contribution in [0.3, 0.4) is 0 Å². The lowest BCUT2D eigenvalue weighted by molar-refractivity contribution is 0.153. The van der Waals surface area contributed by atoms with E-state index in [0.29, 0.717) is 17.5 Å². The number of nitrogens with one attached hydrogen (secondary N) is 1. The van der Waals surface area contributed by atoms with E-state index in [1.54, 1.807) is 0 Å². The summed E-state index contributed by atoms with van der Waals surface area (Å²) in [5, 5.41) is 3.67. The highest BCUT2D eigenvalue weighted by atomic mass is 14.9. The highest BCUT2D eigenvalue weighted by molar-refractivity contribution is 4.87. The molecule has 0 aromatic rings. The summed E-state index contributed by atoms with van der Waals surface area (Å²) in [6.07, 6.45) is 2.65. The molecule has 1 heterocycles. The lowest BCUT2D eigenvalue weighted by atomic mass is 9.70. The zero-order chi connectivity index (χ0) is 10.9. The Bertz CT molecular complexity index is 180. The predicted octanol–water partition coefficient (Wildman–Crippen LogP) is 3.45. The molecule has 1 aliphatic rings. The first-order chi connectivity index (χ1) is 6.30. The van der Waals surface area contributed by atoms with Gasteiger partial charge in [-0.05, 0) is 43.9 Å². The molecule has 0 saturated carbocycles. The van der Waals surface area contributed by atoms with Gasteiger partial charge in [-0.3, -0.25) is 0 Å². The minimum absolute atomic E-state index is 0.458. The van der Waals surface area contributed by atoms with Gasteiger partial charge < -0.3 is 5.32 Å². The fraction of sp³-hybridized carbons (Fsp3) is 1.00. The molecule has 84 valence electrons. The van der Waals surface area contributed by atoms with Gasteiger partial charge in [-0.25, -0.2) is 0 Å². The van der Waals surface area contributed by atoms with Gasteiger partial charge in [-0.2, -0.15) is 0 Å². The zero-order valence-electron chi connectivity index (χ0n) is 10.7. The van der Waals surface area contributed by atoms with Crippen LogP contribution in [0, 0.1) is 17.3 Å². The van der Waals surface area contributed by atoms with E-state index in [1.165, 1.54) is 12.8 Å². The molecule has 4 atom stereocenters. The minimum atomic E-state index is 0.458. The van der Waals surface area contributed by atoms with Gasteiger partial charge in [0.05, 0.1) is 0 Å². The van der Waals surface area contributed by atoms with Gasteiger partial charge in [0, 0.05) is 12.1 Å². The second-order valence-corrected chi connectivity index (χ2v) is 6.39. The van der Waals surface area contributed by atoms with Crippen molar-refractivity contribution in [1.29, 1.82) is 0 Å². The fourth-order valence-electron chi connectivity index (χ4n) is 3.16. The van der Waals surface area contributed by atoms with E-state index in [1.807, 2.05) is 0 Å². The predicted molar refractivity (Wildman–Crippen MR) is 63.4 cm³/mol. The maximum absolute atomic E-state index is 3.67. The Morgan fingerprint density at radius 2 is 1.43 bits per heavy atom. The van der Waals surface area contributed by atoms with Crippen LogP contribution >= 0.6 is 0 Å². The fourth-order valence-corrected chi connectivity index (χ4v) is 3.16. The van der Waals surface area contributed by atoms with E-state index in [4.69, 9.17) is 0 Å². The van der Waals surface area contributed by atoms with Crippen molar-refractivity contribution in [3.63, 3.8) is 0 Å². The van der Waals surface area contributed by atoms with Crippen molar-refractivity contribution < 1.29 is 0 Å². The third-order valence-corrected chi connectivity index (χ3v) is 3.70. The van der Waals surface area contributed by atoms with E-state index in [2.05, 4.69) is 46.9 Å². The van der Waals surface area contributed by atoms with Gasteiger partial charge in [0.15, 0.2) is 0 Å². The second-order valence-electron chi connectivity index (χ2n) is 6.39. The van der Waals surface area contributed by atoms with Crippen molar-refractivity contribution in [2.24, 2.45) is 17.3 Å². The Morgan fingerprint density at radius 1 is 0.929 bits per heavy atom. The normalized spacial score (nSPS) is 40.7. The van der Waals surface area contributed by atoms with E-state index < -0.39 is 0 Å². The summed E-state index contributed by atoms with van der Waals surface area (Å²) in [5.41, 5.74) is 0.458. The summed E-state index contributed by atoms with van der Waals surface area (Å²) >= 11 is 0. The Morgan fingerprint density at radius 3 is 1.93 bits per heavy atom. The first-order valence-electron chi connectivity index (χ1n) is 6.06. The molecule has 0 aromatic carbocycles. The van der Waals surface area contributed by atoms with Crippen LogP contribution in [0.15, 0.2) is 0 Å². The molecule has 0 amide bonds. The summed E-state index contributed by atoms with van der Waals surface area (Å²) < 4.78 is 0. The Hall–Kier alpha value is -0.0400. The number of hydrogen-bond donors (Lipinski definition) is 1. The van der Waals surface area contributed by atoms with Crippen molar-refractivity contribution in [1.82, 2.24) is 5.32 Å². The maximum Gasteiger partial charge on any atom is 0.00441 e. The van der Waals surface area contributed by atoms with Crippen LogP contribution < -0.4 is 5.32 Å². The molecule has 14 heavy (non-hydrogen) atoms. The summed E-state index contributed by atoms with van der Waals surface area (Å²) in [7, 11) is 0. The van der Waals surface area contributed by atoms with Crippen LogP contribution in [0.4, 0.5) is 0 Å². The van der Waals surface area contributed by atoms with Crippen LogP contribution in [0.1, 0.15) is 54.4 Å². The standard InChI is InChI=1S/C13H27N/c1-9-7-10(2)14-11(3)8-12(9)13(4,5)6/h9-12,14H,7-8H2,1-6H3. The van der Waals surface area contributed by atoms with Gasteiger partial charge in [0.25, 0.3) is 0 Å². The van der Waals surface area contributed by atoms with Crippen molar-refractivity contribution in [3.05, 3.63) is 0 Å². The van der Waals surface area contributed by atoms with Crippen molar-refractivity contribution >= 4 is 0 Å². The highest BCUT2D eigenvalue weighted by Gasteiger charge is 2.34. The molecule has 1 fully saturated rings. The lowest BCUT2D eigenvalue weighted by Crippen LogP contribution is -2.33. The molecule has 1 heteroatoms. The average Bonchev–Trinajstić information content (AvgIpc) is 2.07. The van der Waals surface area contributed by atoms with Crippen molar-refractivity contribution in [3.8, 4) is 0 Å². The number of hydrogen-bond acceptors (Lipinski definition) is 1. The molecule has 1 N–H and O–H groups in total. The highest BCUT2D eigenvalue weighted by Crippen LogP contribution is 2.39. The molecule has 1 saturated heterocycles. The summed E-state index contributed by atoms with van der Waals surface area (Å²) in [5.74, 6) is 1.71. The Kier molecular flexibility index (Phi) is 3.63. The largest absolute Gasteiger partial charge is 0.312 e. The summed E-state index contributed by atoms with van der Waals surface area (Å²) in [6.45, 7) is 14.2. The Labute approximate surface area is 89.7 Å². The molecule has 1 rings (SSSR count). The molecule has 0 radical (unpaired) electrons. The van der Waals surface area contributed by atoms with Gasteiger partial charge in [-0.15, -0.1) is 0 Å². The quantitative estimate of drug-likeness (QED) is 0.627. The molecular weight excluding hydrogens is 170 g/mol. The summed E-state index contributed by atoms with van der Waals surface area (Å²) in [6, 6.07) is 1.37. The van der Waals surface area contributed by atoms with Gasteiger partial charge >= 0.3 is 0 Å². The third-order valence-electron chi connectivity index (χ3n) is 3.70. The van der Waals surface area contributed by atoms with Crippen LogP contribution in [0.2, 0.25) is 0 Å². The van der Waals surface area contributed by atoms with E-state index in [-0.39, 0.29) is 0 Å². The van der Waals surface area contributed by atoms with Gasteiger partial charge in [0.1, 0.15) is 0 Å².